The average Bonchev–Trinajstić information content (AvgIpc) is 3.48. The summed E-state index contributed by atoms with van der Waals surface area (Å²) in [7, 11) is 2.16. The van der Waals surface area contributed by atoms with Crippen LogP contribution in [0.3, 0.4) is 0 Å². The second-order valence-corrected chi connectivity index (χ2v) is 9.80. The van der Waals surface area contributed by atoms with E-state index >= 15 is 0 Å². The molecular formula is C33H25B. The van der Waals surface area contributed by atoms with Gasteiger partial charge in [0.1, 0.15) is 7.85 Å². The highest BCUT2D eigenvalue weighted by molar-refractivity contribution is 6.32. The average molecular weight is 432 g/mol. The molecule has 0 saturated carbocycles. The number of hydrogen-bond acceptors (Lipinski definition) is 0. The highest BCUT2D eigenvalue weighted by atomic mass is 14.5. The standard InChI is InChI=1S/C33H25B/c34-25-17-15-22(16-18-25)19-27-28-20-30-26-13-7-8-14-31(26)33(32(30)21-29(27)28,23-9-3-1-4-10-23)24-11-5-2-6-12-24/h1-18,20-21,27H,19,34H2. The van der Waals surface area contributed by atoms with Crippen LogP contribution < -0.4 is 5.46 Å². The fourth-order valence-electron chi connectivity index (χ4n) is 6.21. The van der Waals surface area contributed by atoms with Crippen LogP contribution in [-0.4, -0.2) is 7.85 Å². The van der Waals surface area contributed by atoms with E-state index in [0.717, 1.165) is 6.42 Å². The molecule has 0 aromatic heterocycles. The molecule has 0 amide bonds. The van der Waals surface area contributed by atoms with Crippen LogP contribution in [0.25, 0.3) is 11.1 Å². The Morgan fingerprint density at radius 3 is 1.82 bits per heavy atom. The molecule has 34 heavy (non-hydrogen) atoms. The van der Waals surface area contributed by atoms with E-state index in [-0.39, 0.29) is 5.41 Å². The van der Waals surface area contributed by atoms with E-state index in [0.29, 0.717) is 5.92 Å². The molecule has 160 valence electrons. The summed E-state index contributed by atoms with van der Waals surface area (Å²) < 4.78 is 0. The van der Waals surface area contributed by atoms with E-state index in [1.54, 1.807) is 0 Å². The monoisotopic (exact) mass is 432 g/mol. The number of hydrogen-bond donors (Lipinski definition) is 0. The van der Waals surface area contributed by atoms with Crippen LogP contribution in [0.1, 0.15) is 44.9 Å². The van der Waals surface area contributed by atoms with Gasteiger partial charge in [0.15, 0.2) is 0 Å². The molecule has 0 radical (unpaired) electrons. The zero-order chi connectivity index (χ0) is 22.7. The molecule has 7 rings (SSSR count). The van der Waals surface area contributed by atoms with E-state index in [9.17, 15) is 0 Å². The van der Waals surface area contributed by atoms with Crippen molar-refractivity contribution in [2.45, 2.75) is 17.8 Å². The highest BCUT2D eigenvalue weighted by Crippen LogP contribution is 2.60. The fourth-order valence-corrected chi connectivity index (χ4v) is 6.21. The number of benzene rings is 5. The normalized spacial score (nSPS) is 16.4. The third kappa shape index (κ3) is 2.74. The topological polar surface area (TPSA) is 0 Å². The molecular weight excluding hydrogens is 407 g/mol. The van der Waals surface area contributed by atoms with E-state index in [4.69, 9.17) is 0 Å². The van der Waals surface area contributed by atoms with Gasteiger partial charge in [0, 0.05) is 5.92 Å². The SMILES string of the molecule is Bc1ccc(CC2c3cc4c(cc32)C(c2ccccc2)(c2ccccc2)c2ccccc2-4)cc1. The van der Waals surface area contributed by atoms with Gasteiger partial charge in [-0.1, -0.05) is 121 Å². The molecule has 0 heterocycles. The molecule has 2 aliphatic carbocycles. The first-order valence-corrected chi connectivity index (χ1v) is 12.2. The maximum Gasteiger partial charge on any atom is 0.139 e. The smallest absolute Gasteiger partial charge is 0.0889 e. The van der Waals surface area contributed by atoms with Crippen LogP contribution in [0.4, 0.5) is 0 Å². The highest BCUT2D eigenvalue weighted by Gasteiger charge is 2.48. The number of fused-ring (bicyclic) bond motifs is 4. The first-order chi connectivity index (χ1) is 16.8. The minimum absolute atomic E-state index is 0.291. The maximum atomic E-state index is 2.53. The summed E-state index contributed by atoms with van der Waals surface area (Å²) in [4.78, 5) is 0. The minimum Gasteiger partial charge on any atom is -0.0889 e. The van der Waals surface area contributed by atoms with Gasteiger partial charge in [-0.05, 0) is 62.6 Å². The lowest BCUT2D eigenvalue weighted by atomic mass is 9.68. The van der Waals surface area contributed by atoms with Gasteiger partial charge in [0.2, 0.25) is 0 Å². The lowest BCUT2D eigenvalue weighted by molar-refractivity contribution is 0.768. The van der Waals surface area contributed by atoms with Crippen LogP contribution in [0.2, 0.25) is 0 Å². The first-order valence-electron chi connectivity index (χ1n) is 12.2. The molecule has 0 saturated heterocycles. The zero-order valence-corrected chi connectivity index (χ0v) is 19.3. The molecule has 0 aliphatic heterocycles. The van der Waals surface area contributed by atoms with Crippen LogP contribution >= 0.6 is 0 Å². The summed E-state index contributed by atoms with van der Waals surface area (Å²) >= 11 is 0. The Balaban J connectivity index is 1.45. The lowest BCUT2D eigenvalue weighted by Crippen LogP contribution is -2.28. The zero-order valence-electron chi connectivity index (χ0n) is 19.3. The first kappa shape index (κ1) is 19.6. The quantitative estimate of drug-likeness (QED) is 0.300. The molecule has 1 atom stereocenters. The second-order valence-electron chi connectivity index (χ2n) is 9.80. The Labute approximate surface area is 202 Å². The minimum atomic E-state index is -0.291. The molecule has 2 aliphatic rings. The van der Waals surface area contributed by atoms with Gasteiger partial charge in [-0.2, -0.15) is 0 Å². The molecule has 0 N–H and O–H groups in total. The summed E-state index contributed by atoms with van der Waals surface area (Å²) in [5.74, 6) is 0.532. The van der Waals surface area contributed by atoms with Crippen LogP contribution in [0, 0.1) is 0 Å². The van der Waals surface area contributed by atoms with E-state index in [1.165, 1.54) is 55.5 Å². The van der Waals surface area contributed by atoms with Crippen molar-refractivity contribution in [1.29, 1.82) is 0 Å². The van der Waals surface area contributed by atoms with E-state index in [2.05, 4.69) is 129 Å². The molecule has 1 unspecified atom stereocenters. The van der Waals surface area contributed by atoms with Crippen molar-refractivity contribution >= 4 is 13.3 Å². The summed E-state index contributed by atoms with van der Waals surface area (Å²) in [6.07, 6.45) is 1.09. The Morgan fingerprint density at radius 2 is 1.15 bits per heavy atom. The van der Waals surface area contributed by atoms with Gasteiger partial charge in [-0.15, -0.1) is 0 Å². The fraction of sp³-hybridized carbons (Fsp3) is 0.0909. The Morgan fingerprint density at radius 1 is 0.559 bits per heavy atom. The second kappa shape index (κ2) is 7.33. The van der Waals surface area contributed by atoms with Gasteiger partial charge in [-0.25, -0.2) is 0 Å². The predicted octanol–water partition coefficient (Wildman–Crippen LogP) is 6.00. The predicted molar refractivity (Wildman–Crippen MR) is 144 cm³/mol. The molecule has 5 aromatic rings. The van der Waals surface area contributed by atoms with Crippen molar-refractivity contribution in [1.82, 2.24) is 0 Å². The van der Waals surface area contributed by atoms with Gasteiger partial charge >= 0.3 is 0 Å². The van der Waals surface area contributed by atoms with Gasteiger partial charge in [0.25, 0.3) is 0 Å². The summed E-state index contributed by atoms with van der Waals surface area (Å²) in [6.45, 7) is 0. The molecule has 0 bridgehead atoms. The molecule has 5 aromatic carbocycles. The molecule has 0 nitrogen and oxygen atoms in total. The third-order valence-corrected chi connectivity index (χ3v) is 7.89. The summed E-state index contributed by atoms with van der Waals surface area (Å²) in [5, 5.41) is 0. The molecule has 1 heteroatoms. The van der Waals surface area contributed by atoms with Crippen LogP contribution in [0.15, 0.2) is 121 Å². The van der Waals surface area contributed by atoms with Crippen molar-refractivity contribution in [3.05, 3.63) is 160 Å². The Hall–Kier alpha value is -3.84. The number of rotatable bonds is 4. The Kier molecular flexibility index (Phi) is 4.23. The maximum absolute atomic E-state index is 2.53. The van der Waals surface area contributed by atoms with Gasteiger partial charge < -0.3 is 0 Å². The van der Waals surface area contributed by atoms with Crippen molar-refractivity contribution in [2.75, 3.05) is 0 Å². The summed E-state index contributed by atoms with van der Waals surface area (Å²) in [6, 6.07) is 45.2. The van der Waals surface area contributed by atoms with Crippen molar-refractivity contribution in [3.63, 3.8) is 0 Å². The largest absolute Gasteiger partial charge is 0.139 e. The van der Waals surface area contributed by atoms with Crippen LogP contribution in [0.5, 0.6) is 0 Å². The van der Waals surface area contributed by atoms with Gasteiger partial charge in [-0.3, -0.25) is 0 Å². The van der Waals surface area contributed by atoms with Crippen molar-refractivity contribution in [3.8, 4) is 11.1 Å². The molecule has 0 fully saturated rings. The third-order valence-electron chi connectivity index (χ3n) is 7.89. The van der Waals surface area contributed by atoms with Crippen molar-refractivity contribution < 1.29 is 0 Å². The van der Waals surface area contributed by atoms with Gasteiger partial charge in [0.05, 0.1) is 5.41 Å². The lowest BCUT2D eigenvalue weighted by Gasteiger charge is -2.33. The van der Waals surface area contributed by atoms with Crippen LogP contribution in [-0.2, 0) is 11.8 Å². The van der Waals surface area contributed by atoms with Crippen molar-refractivity contribution in [2.24, 2.45) is 0 Å². The van der Waals surface area contributed by atoms with E-state index in [1.807, 2.05) is 0 Å². The molecule has 0 spiro atoms. The summed E-state index contributed by atoms with van der Waals surface area (Å²) in [5.41, 5.74) is 13.7. The van der Waals surface area contributed by atoms with E-state index < -0.39 is 0 Å². The Bertz CT molecular complexity index is 1480.